The number of aromatic nitrogens is 3. The number of carbonyl (C=O) groups excluding carboxylic acids is 1. The first kappa shape index (κ1) is 25.6. The summed E-state index contributed by atoms with van der Waals surface area (Å²) in [4.78, 5) is 17.7. The number of benzene rings is 2. The maximum atomic E-state index is 13.8. The first-order valence-corrected chi connectivity index (χ1v) is 12.9. The standard InChI is InChI=1S/C22H18FN3O.C8H14N2O/c1-27-20-10-9-19-24-21(16-8-7-15-12-18(23)13-17(15)11-16)22(26(19)25-20)14-5-3-2-4-6-14;1-2-8(11)10-5-3-7(9)4-6-10/h2-11,18H,12-13H2,1H3;2,7H,1,3-6,9H2. The number of piperidine rings is 1. The Morgan fingerprint density at radius 3 is 2.50 bits per heavy atom. The number of rotatable bonds is 4. The van der Waals surface area contributed by atoms with Crippen molar-refractivity contribution in [2.45, 2.75) is 37.9 Å². The van der Waals surface area contributed by atoms with E-state index < -0.39 is 6.17 Å². The smallest absolute Gasteiger partial charge is 0.245 e. The average Bonchev–Trinajstić information content (AvgIpc) is 3.52. The third kappa shape index (κ3) is 5.31. The van der Waals surface area contributed by atoms with E-state index in [-0.39, 0.29) is 11.9 Å². The molecule has 0 saturated carbocycles. The lowest BCUT2D eigenvalue weighted by Crippen LogP contribution is -2.42. The zero-order valence-corrected chi connectivity index (χ0v) is 21.5. The summed E-state index contributed by atoms with van der Waals surface area (Å²) in [6, 6.07) is 20.2. The van der Waals surface area contributed by atoms with Crippen LogP contribution in [0.5, 0.6) is 5.88 Å². The summed E-state index contributed by atoms with van der Waals surface area (Å²) in [5.74, 6) is 0.551. The highest BCUT2D eigenvalue weighted by molar-refractivity contribution is 5.87. The van der Waals surface area contributed by atoms with Crippen LogP contribution in [0.15, 0.2) is 73.3 Å². The molecule has 38 heavy (non-hydrogen) atoms. The number of amides is 1. The molecule has 1 fully saturated rings. The molecule has 2 aromatic carbocycles. The summed E-state index contributed by atoms with van der Waals surface area (Å²) in [5.41, 5.74) is 12.3. The highest BCUT2D eigenvalue weighted by atomic mass is 19.1. The van der Waals surface area contributed by atoms with Crippen molar-refractivity contribution in [1.82, 2.24) is 19.5 Å². The zero-order chi connectivity index (χ0) is 26.6. The zero-order valence-electron chi connectivity index (χ0n) is 21.5. The minimum absolute atomic E-state index is 0.0249. The Bertz CT molecular complexity index is 1440. The van der Waals surface area contributed by atoms with Crippen molar-refractivity contribution in [3.63, 3.8) is 0 Å². The fraction of sp³-hybridized carbons (Fsp3) is 0.300. The number of carbonyl (C=O) groups is 1. The first-order chi connectivity index (χ1) is 18.5. The maximum absolute atomic E-state index is 13.8. The molecule has 1 unspecified atom stereocenters. The van der Waals surface area contributed by atoms with E-state index >= 15 is 0 Å². The monoisotopic (exact) mass is 513 g/mol. The number of hydrogen-bond donors (Lipinski definition) is 1. The van der Waals surface area contributed by atoms with Crippen LogP contribution in [0.1, 0.15) is 24.0 Å². The summed E-state index contributed by atoms with van der Waals surface area (Å²) in [5, 5.41) is 4.57. The number of halogens is 1. The van der Waals surface area contributed by atoms with Gasteiger partial charge in [0.2, 0.25) is 11.8 Å². The molecule has 2 aliphatic rings. The molecule has 196 valence electrons. The van der Waals surface area contributed by atoms with Crippen LogP contribution >= 0.6 is 0 Å². The molecule has 0 radical (unpaired) electrons. The molecule has 1 aliphatic heterocycles. The molecule has 2 N–H and O–H groups in total. The summed E-state index contributed by atoms with van der Waals surface area (Å²) in [6.07, 6.45) is 3.39. The summed E-state index contributed by atoms with van der Waals surface area (Å²) in [7, 11) is 1.60. The molecular formula is C30H32FN5O2. The molecule has 4 aromatic rings. The highest BCUT2D eigenvalue weighted by Crippen LogP contribution is 2.35. The second kappa shape index (κ2) is 11.1. The molecule has 1 amide bonds. The summed E-state index contributed by atoms with van der Waals surface area (Å²) < 4.78 is 20.9. The lowest BCUT2D eigenvalue weighted by molar-refractivity contribution is -0.126. The Hall–Kier alpha value is -4.04. The van der Waals surface area contributed by atoms with Crippen molar-refractivity contribution in [2.75, 3.05) is 20.2 Å². The van der Waals surface area contributed by atoms with E-state index in [4.69, 9.17) is 15.5 Å². The van der Waals surface area contributed by atoms with E-state index in [0.717, 1.165) is 65.2 Å². The molecule has 8 heteroatoms. The normalized spacial score (nSPS) is 17.0. The van der Waals surface area contributed by atoms with Crippen molar-refractivity contribution < 1.29 is 13.9 Å². The third-order valence-electron chi connectivity index (χ3n) is 7.10. The van der Waals surface area contributed by atoms with Crippen molar-refractivity contribution in [2.24, 2.45) is 5.73 Å². The number of nitrogens with zero attached hydrogens (tertiary/aromatic N) is 4. The molecule has 3 heterocycles. The molecule has 6 rings (SSSR count). The number of alkyl halides is 1. The second-order valence-corrected chi connectivity index (χ2v) is 9.68. The van der Waals surface area contributed by atoms with Gasteiger partial charge in [-0.1, -0.05) is 49.0 Å². The Morgan fingerprint density at radius 2 is 1.79 bits per heavy atom. The third-order valence-corrected chi connectivity index (χ3v) is 7.10. The van der Waals surface area contributed by atoms with Crippen LogP contribution in [0.25, 0.3) is 28.2 Å². The van der Waals surface area contributed by atoms with Crippen molar-refractivity contribution in [3.05, 3.63) is 84.4 Å². The van der Waals surface area contributed by atoms with Gasteiger partial charge in [0.05, 0.1) is 12.8 Å². The molecular weight excluding hydrogens is 481 g/mol. The molecule has 1 aliphatic carbocycles. The number of nitrogens with two attached hydrogens (primary N) is 1. The van der Waals surface area contributed by atoms with E-state index in [1.807, 2.05) is 53.0 Å². The van der Waals surface area contributed by atoms with Gasteiger partial charge in [-0.15, -0.1) is 5.10 Å². The van der Waals surface area contributed by atoms with Crippen LogP contribution in [0, 0.1) is 0 Å². The fourth-order valence-electron chi connectivity index (χ4n) is 5.04. The van der Waals surface area contributed by atoms with Gasteiger partial charge in [-0.25, -0.2) is 13.9 Å². The maximum Gasteiger partial charge on any atom is 0.245 e. The van der Waals surface area contributed by atoms with Crippen LogP contribution in [0.4, 0.5) is 4.39 Å². The lowest BCUT2D eigenvalue weighted by atomic mass is 10.0. The van der Waals surface area contributed by atoms with Crippen molar-refractivity contribution in [1.29, 1.82) is 0 Å². The summed E-state index contributed by atoms with van der Waals surface area (Å²) >= 11 is 0. The lowest BCUT2D eigenvalue weighted by Gasteiger charge is -2.29. The van der Waals surface area contributed by atoms with Gasteiger partial charge in [-0.05, 0) is 42.2 Å². The molecule has 0 spiro atoms. The largest absolute Gasteiger partial charge is 0.480 e. The quantitative estimate of drug-likeness (QED) is 0.402. The van der Waals surface area contributed by atoms with Crippen LogP contribution in [-0.2, 0) is 17.6 Å². The Labute approximate surface area is 221 Å². The van der Waals surface area contributed by atoms with Gasteiger partial charge in [0, 0.05) is 49.2 Å². The molecule has 2 aromatic heterocycles. The van der Waals surface area contributed by atoms with Crippen LogP contribution in [0.3, 0.4) is 0 Å². The van der Waals surface area contributed by atoms with Crippen molar-refractivity contribution >= 4 is 11.6 Å². The number of imidazole rings is 1. The number of fused-ring (bicyclic) bond motifs is 2. The average molecular weight is 514 g/mol. The number of methoxy groups -OCH3 is 1. The second-order valence-electron chi connectivity index (χ2n) is 9.68. The summed E-state index contributed by atoms with van der Waals surface area (Å²) in [6.45, 7) is 5.00. The molecule has 0 bridgehead atoms. The Balaban J connectivity index is 0.000000226. The van der Waals surface area contributed by atoms with Gasteiger partial charge >= 0.3 is 0 Å². The number of likely N-dealkylation sites (tertiary alicyclic amines) is 1. The van der Waals surface area contributed by atoms with Gasteiger partial charge in [0.15, 0.2) is 5.65 Å². The number of ether oxygens (including phenoxy) is 1. The van der Waals surface area contributed by atoms with E-state index in [1.165, 1.54) is 6.08 Å². The van der Waals surface area contributed by atoms with Gasteiger partial charge in [-0.3, -0.25) is 4.79 Å². The van der Waals surface area contributed by atoms with Gasteiger partial charge in [0.1, 0.15) is 11.9 Å². The number of hydrogen-bond acceptors (Lipinski definition) is 5. The first-order valence-electron chi connectivity index (χ1n) is 12.9. The van der Waals surface area contributed by atoms with Crippen LogP contribution in [0.2, 0.25) is 0 Å². The van der Waals surface area contributed by atoms with Gasteiger partial charge < -0.3 is 15.4 Å². The SMILES string of the molecule is C=CC(=O)N1CCC(N)CC1.COc1ccc2nc(-c3ccc4c(c3)CC(F)C4)c(-c3ccccc3)n2n1. The molecule has 7 nitrogen and oxygen atoms in total. The predicted octanol–water partition coefficient (Wildman–Crippen LogP) is 4.63. The topological polar surface area (TPSA) is 85.8 Å². The predicted molar refractivity (Wildman–Crippen MR) is 147 cm³/mol. The van der Waals surface area contributed by atoms with E-state index in [2.05, 4.69) is 17.7 Å². The fourth-order valence-corrected chi connectivity index (χ4v) is 5.04. The molecule has 1 atom stereocenters. The van der Waals surface area contributed by atoms with Crippen LogP contribution in [-0.4, -0.2) is 57.8 Å². The van der Waals surface area contributed by atoms with E-state index in [0.29, 0.717) is 18.7 Å². The van der Waals surface area contributed by atoms with Gasteiger partial charge in [0.25, 0.3) is 0 Å². The van der Waals surface area contributed by atoms with Gasteiger partial charge in [-0.2, -0.15) is 0 Å². The Kier molecular flexibility index (Phi) is 7.51. The highest BCUT2D eigenvalue weighted by Gasteiger charge is 2.23. The van der Waals surface area contributed by atoms with Crippen molar-refractivity contribution in [3.8, 4) is 28.4 Å². The van der Waals surface area contributed by atoms with E-state index in [1.54, 1.807) is 18.1 Å². The van der Waals surface area contributed by atoms with Crippen LogP contribution < -0.4 is 10.5 Å². The van der Waals surface area contributed by atoms with E-state index in [9.17, 15) is 9.18 Å². The minimum Gasteiger partial charge on any atom is -0.480 e. The Morgan fingerprint density at radius 1 is 1.05 bits per heavy atom. The molecule has 1 saturated heterocycles. The minimum atomic E-state index is -0.782.